The lowest BCUT2D eigenvalue weighted by molar-refractivity contribution is -0.155. The summed E-state index contributed by atoms with van der Waals surface area (Å²) in [6.07, 6.45) is -0.988. The summed E-state index contributed by atoms with van der Waals surface area (Å²) < 4.78 is 5.15. The van der Waals surface area contributed by atoms with Crippen molar-refractivity contribution in [2.45, 2.75) is 55.9 Å². The van der Waals surface area contributed by atoms with E-state index in [-0.39, 0.29) is 18.2 Å². The minimum absolute atomic E-state index is 0.0853. The summed E-state index contributed by atoms with van der Waals surface area (Å²) in [5.74, 6) is -1.16. The van der Waals surface area contributed by atoms with Gasteiger partial charge in [-0.25, -0.2) is 0 Å². The molecule has 0 unspecified atom stereocenters. The summed E-state index contributed by atoms with van der Waals surface area (Å²) in [5.41, 5.74) is 0.343. The van der Waals surface area contributed by atoms with Crippen LogP contribution in [0.4, 0.5) is 5.69 Å². The summed E-state index contributed by atoms with van der Waals surface area (Å²) in [6, 6.07) is 7.41. The first-order valence-corrected chi connectivity index (χ1v) is 8.62. The molecule has 2 N–H and O–H groups in total. The Hall–Kier alpha value is -2.02. The van der Waals surface area contributed by atoms with Crippen molar-refractivity contribution in [1.29, 1.82) is 0 Å². The zero-order chi connectivity index (χ0) is 17.9. The number of fused-ring (bicyclic) bond motifs is 1. The fourth-order valence-electron chi connectivity index (χ4n) is 2.15. The molecule has 1 aliphatic rings. The van der Waals surface area contributed by atoms with Gasteiger partial charge in [0, 0.05) is 10.4 Å². The summed E-state index contributed by atoms with van der Waals surface area (Å²) in [5, 5.41) is 4.96. The van der Waals surface area contributed by atoms with Crippen LogP contribution in [-0.4, -0.2) is 34.7 Å². The maximum absolute atomic E-state index is 12.1. The largest absolute Gasteiger partial charge is 0.453 e. The molecule has 7 heteroatoms. The van der Waals surface area contributed by atoms with Crippen LogP contribution in [-0.2, 0) is 19.1 Å². The molecule has 0 bridgehead atoms. The van der Waals surface area contributed by atoms with E-state index in [1.54, 1.807) is 0 Å². The van der Waals surface area contributed by atoms with Crippen LogP contribution in [0.1, 0.15) is 34.1 Å². The summed E-state index contributed by atoms with van der Waals surface area (Å²) in [4.78, 5) is 37.0. The monoisotopic (exact) mass is 350 g/mol. The molecular weight excluding hydrogens is 328 g/mol. The number of anilines is 1. The molecule has 0 aromatic heterocycles. The van der Waals surface area contributed by atoms with Crippen LogP contribution in [0.3, 0.4) is 0 Å². The highest BCUT2D eigenvalue weighted by Crippen LogP contribution is 2.36. The lowest BCUT2D eigenvalue weighted by Crippen LogP contribution is -2.46. The van der Waals surface area contributed by atoms with Gasteiger partial charge >= 0.3 is 5.97 Å². The molecule has 1 heterocycles. The maximum atomic E-state index is 12.1. The van der Waals surface area contributed by atoms with E-state index in [0.717, 1.165) is 10.6 Å². The SMILES string of the molecule is C[C@@H](OC(=O)C[C@H]1Sc2ccccc2NC1=O)C(=O)NC(C)(C)C. The van der Waals surface area contributed by atoms with Crippen molar-refractivity contribution in [3.05, 3.63) is 24.3 Å². The molecule has 130 valence electrons. The first-order valence-electron chi connectivity index (χ1n) is 7.74. The number of hydrogen-bond donors (Lipinski definition) is 2. The topological polar surface area (TPSA) is 84.5 Å². The Morgan fingerprint density at radius 3 is 2.67 bits per heavy atom. The van der Waals surface area contributed by atoms with E-state index in [1.807, 2.05) is 45.0 Å². The molecular formula is C17H22N2O4S. The van der Waals surface area contributed by atoms with Crippen molar-refractivity contribution in [2.24, 2.45) is 0 Å². The molecule has 2 amide bonds. The molecule has 2 atom stereocenters. The van der Waals surface area contributed by atoms with E-state index >= 15 is 0 Å². The first-order chi connectivity index (χ1) is 11.2. The predicted octanol–water partition coefficient (Wildman–Crippen LogP) is 2.34. The van der Waals surface area contributed by atoms with Gasteiger partial charge in [0.1, 0.15) is 0 Å². The predicted molar refractivity (Wildman–Crippen MR) is 92.8 cm³/mol. The van der Waals surface area contributed by atoms with Gasteiger partial charge < -0.3 is 15.4 Å². The molecule has 1 aliphatic heterocycles. The molecule has 1 aromatic rings. The first kappa shape index (κ1) is 18.3. The molecule has 0 saturated heterocycles. The Labute approximate surface area is 145 Å². The Morgan fingerprint density at radius 2 is 2.00 bits per heavy atom. The number of ether oxygens (including phenoxy) is 1. The van der Waals surface area contributed by atoms with E-state index in [9.17, 15) is 14.4 Å². The van der Waals surface area contributed by atoms with Gasteiger partial charge in [-0.15, -0.1) is 11.8 Å². The number of carbonyl (C=O) groups is 3. The molecule has 24 heavy (non-hydrogen) atoms. The van der Waals surface area contributed by atoms with Crippen molar-refractivity contribution < 1.29 is 19.1 Å². The van der Waals surface area contributed by atoms with E-state index in [0.29, 0.717) is 0 Å². The normalized spacial score (nSPS) is 18.2. The van der Waals surface area contributed by atoms with Crippen molar-refractivity contribution in [3.63, 3.8) is 0 Å². The van der Waals surface area contributed by atoms with Crippen LogP contribution < -0.4 is 10.6 Å². The number of amides is 2. The Bertz CT molecular complexity index is 654. The molecule has 0 aliphatic carbocycles. The lowest BCUT2D eigenvalue weighted by atomic mass is 10.1. The number of esters is 1. The molecule has 0 radical (unpaired) electrons. The summed E-state index contributed by atoms with van der Waals surface area (Å²) in [6.45, 7) is 7.06. The highest BCUT2D eigenvalue weighted by atomic mass is 32.2. The average Bonchev–Trinajstić information content (AvgIpc) is 2.46. The zero-order valence-corrected chi connectivity index (χ0v) is 15.0. The van der Waals surface area contributed by atoms with E-state index in [4.69, 9.17) is 4.74 Å². The standard InChI is InChI=1S/C17H22N2O4S/c1-10(15(21)19-17(2,3)4)23-14(20)9-13-16(22)18-11-7-5-6-8-12(11)24-13/h5-8,10,13H,9H2,1-4H3,(H,18,22)(H,19,21)/t10-,13-/m1/s1. The van der Waals surface area contributed by atoms with Crippen molar-refractivity contribution in [2.75, 3.05) is 5.32 Å². The minimum atomic E-state index is -0.902. The number of thioether (sulfide) groups is 1. The van der Waals surface area contributed by atoms with E-state index < -0.39 is 22.9 Å². The maximum Gasteiger partial charge on any atom is 0.308 e. The zero-order valence-electron chi connectivity index (χ0n) is 14.2. The van der Waals surface area contributed by atoms with Crippen molar-refractivity contribution in [3.8, 4) is 0 Å². The third-order valence-electron chi connectivity index (χ3n) is 3.23. The minimum Gasteiger partial charge on any atom is -0.453 e. The van der Waals surface area contributed by atoms with Crippen LogP contribution in [0.5, 0.6) is 0 Å². The molecule has 2 rings (SSSR count). The number of para-hydroxylation sites is 1. The van der Waals surface area contributed by atoms with Gasteiger partial charge in [0.25, 0.3) is 5.91 Å². The Balaban J connectivity index is 1.91. The van der Waals surface area contributed by atoms with Gasteiger partial charge in [0.15, 0.2) is 6.10 Å². The lowest BCUT2D eigenvalue weighted by Gasteiger charge is -2.25. The fourth-order valence-corrected chi connectivity index (χ4v) is 3.24. The van der Waals surface area contributed by atoms with E-state index in [1.165, 1.54) is 18.7 Å². The summed E-state index contributed by atoms with van der Waals surface area (Å²) >= 11 is 1.33. The Morgan fingerprint density at radius 1 is 1.33 bits per heavy atom. The van der Waals surface area contributed by atoms with Gasteiger partial charge in [-0.3, -0.25) is 14.4 Å². The van der Waals surface area contributed by atoms with Crippen molar-refractivity contribution >= 4 is 35.2 Å². The van der Waals surface area contributed by atoms with Crippen LogP contribution in [0, 0.1) is 0 Å². The summed E-state index contributed by atoms with van der Waals surface area (Å²) in [7, 11) is 0. The molecule has 6 nitrogen and oxygen atoms in total. The van der Waals surface area contributed by atoms with Crippen LogP contribution in [0.25, 0.3) is 0 Å². The van der Waals surface area contributed by atoms with Gasteiger partial charge in [0.05, 0.1) is 17.4 Å². The van der Waals surface area contributed by atoms with Crippen LogP contribution >= 0.6 is 11.8 Å². The second kappa shape index (κ2) is 7.25. The fraction of sp³-hybridized carbons (Fsp3) is 0.471. The third kappa shape index (κ3) is 4.99. The van der Waals surface area contributed by atoms with Gasteiger partial charge in [-0.05, 0) is 39.8 Å². The number of hydrogen-bond acceptors (Lipinski definition) is 5. The third-order valence-corrected chi connectivity index (χ3v) is 4.51. The number of rotatable bonds is 4. The number of nitrogens with one attached hydrogen (secondary N) is 2. The van der Waals surface area contributed by atoms with Crippen molar-refractivity contribution in [1.82, 2.24) is 5.32 Å². The molecule has 0 spiro atoms. The Kier molecular flexibility index (Phi) is 5.54. The second-order valence-electron chi connectivity index (χ2n) is 6.67. The van der Waals surface area contributed by atoms with E-state index in [2.05, 4.69) is 10.6 Å². The highest BCUT2D eigenvalue weighted by molar-refractivity contribution is 8.01. The smallest absolute Gasteiger partial charge is 0.308 e. The molecule has 1 aromatic carbocycles. The molecule has 0 saturated carbocycles. The average molecular weight is 350 g/mol. The van der Waals surface area contributed by atoms with Gasteiger partial charge in [0.2, 0.25) is 5.91 Å². The quantitative estimate of drug-likeness (QED) is 0.814. The van der Waals surface area contributed by atoms with Gasteiger partial charge in [-0.2, -0.15) is 0 Å². The van der Waals surface area contributed by atoms with Gasteiger partial charge in [-0.1, -0.05) is 12.1 Å². The molecule has 0 fully saturated rings. The highest BCUT2D eigenvalue weighted by Gasteiger charge is 2.31. The van der Waals surface area contributed by atoms with Crippen LogP contribution in [0.15, 0.2) is 29.2 Å². The van der Waals surface area contributed by atoms with Crippen LogP contribution in [0.2, 0.25) is 0 Å². The second-order valence-corrected chi connectivity index (χ2v) is 7.91. The number of benzene rings is 1. The number of carbonyl (C=O) groups excluding carboxylic acids is 3.